The molecule has 1 aromatic rings. The first-order valence-electron chi connectivity index (χ1n) is 15.5. The van der Waals surface area contributed by atoms with E-state index >= 15 is 0 Å². The molecular formula is C35H45NO5. The first kappa shape index (κ1) is 29.5. The van der Waals surface area contributed by atoms with Crippen LogP contribution in [0.5, 0.6) is 0 Å². The number of esters is 1. The second-order valence-electron chi connectivity index (χ2n) is 13.0. The molecule has 0 radical (unpaired) electrons. The maximum absolute atomic E-state index is 13.3. The molecule has 41 heavy (non-hydrogen) atoms. The molecule has 0 aliphatic heterocycles. The number of carbonyl (C=O) groups excluding carboxylic acids is 4. The highest BCUT2D eigenvalue weighted by Crippen LogP contribution is 2.67. The Labute approximate surface area is 244 Å². The van der Waals surface area contributed by atoms with Gasteiger partial charge in [-0.05, 0) is 105 Å². The average molecular weight is 560 g/mol. The molecular weight excluding hydrogens is 514 g/mol. The molecule has 0 saturated heterocycles. The molecule has 0 spiro atoms. The number of hydrogen-bond donors (Lipinski definition) is 0. The molecule has 4 aliphatic carbocycles. The normalized spacial score (nSPS) is 30.6. The van der Waals surface area contributed by atoms with Crippen molar-refractivity contribution in [1.29, 1.82) is 0 Å². The quantitative estimate of drug-likeness (QED) is 0.181. The molecule has 220 valence electrons. The van der Waals surface area contributed by atoms with Gasteiger partial charge in [-0.3, -0.25) is 14.4 Å². The van der Waals surface area contributed by atoms with Gasteiger partial charge in [-0.1, -0.05) is 31.1 Å². The van der Waals surface area contributed by atoms with Crippen molar-refractivity contribution < 1.29 is 23.9 Å². The Morgan fingerprint density at radius 3 is 2.49 bits per heavy atom. The topological polar surface area (TPSA) is 80.8 Å². The van der Waals surface area contributed by atoms with E-state index in [-0.39, 0.29) is 29.4 Å². The number of ketones is 2. The fourth-order valence-corrected chi connectivity index (χ4v) is 8.85. The van der Waals surface area contributed by atoms with Gasteiger partial charge in [0, 0.05) is 50.4 Å². The Morgan fingerprint density at radius 2 is 1.80 bits per heavy atom. The summed E-state index contributed by atoms with van der Waals surface area (Å²) in [6.45, 7) is 6.15. The molecule has 5 rings (SSSR count). The van der Waals surface area contributed by atoms with Crippen molar-refractivity contribution >= 4 is 29.5 Å². The average Bonchev–Trinajstić information content (AvgIpc) is 3.24. The number of hydrogen-bond acceptors (Lipinski definition) is 6. The number of aldehydes is 1. The Morgan fingerprint density at radius 1 is 1.05 bits per heavy atom. The highest BCUT2D eigenvalue weighted by atomic mass is 16.6. The molecule has 2 saturated carbocycles. The third-order valence-electron chi connectivity index (χ3n) is 10.8. The molecule has 5 atom stereocenters. The lowest BCUT2D eigenvalue weighted by molar-refractivity contribution is -0.182. The van der Waals surface area contributed by atoms with Gasteiger partial charge < -0.3 is 14.4 Å². The van der Waals surface area contributed by atoms with Gasteiger partial charge in [-0.2, -0.15) is 0 Å². The minimum atomic E-state index is -1.10. The summed E-state index contributed by atoms with van der Waals surface area (Å²) in [6.07, 6.45) is 11.9. The van der Waals surface area contributed by atoms with Gasteiger partial charge in [-0.15, -0.1) is 0 Å². The SMILES string of the molecule is CC(=O)OC1(C(C)=O)CCC2C3CCC4=CC(=O)CCC4=C3C(c3ccc(N(C)CCCCCC=O)cc3)CC21C. The van der Waals surface area contributed by atoms with Crippen LogP contribution in [0.25, 0.3) is 0 Å². The van der Waals surface area contributed by atoms with E-state index in [1.165, 1.54) is 29.2 Å². The van der Waals surface area contributed by atoms with Crippen molar-refractivity contribution in [2.24, 2.45) is 17.3 Å². The zero-order valence-electron chi connectivity index (χ0n) is 25.2. The summed E-state index contributed by atoms with van der Waals surface area (Å²) >= 11 is 0. The second kappa shape index (κ2) is 11.7. The lowest BCUT2D eigenvalue weighted by Crippen LogP contribution is -2.57. The standard InChI is InChI=1S/C35H45NO5/c1-23(38)35(41-24(2)39)18-17-32-30-15-11-26-21-28(40)14-16-29(26)33(30)31(22-34(32,35)3)25-9-12-27(13-10-25)36(4)19-7-5-6-8-20-37/h9-10,12-13,20-21,30-32H,5-8,11,14-19,22H2,1-4H3. The van der Waals surface area contributed by atoms with E-state index in [4.69, 9.17) is 4.74 Å². The number of unbranched alkanes of at least 4 members (excludes halogenated alkanes) is 3. The number of allylic oxidation sites excluding steroid dienone is 4. The fourth-order valence-electron chi connectivity index (χ4n) is 8.85. The highest BCUT2D eigenvalue weighted by Gasteiger charge is 2.67. The maximum Gasteiger partial charge on any atom is 0.303 e. The Kier molecular flexibility index (Phi) is 8.41. The number of fused-ring (bicyclic) bond motifs is 4. The summed E-state index contributed by atoms with van der Waals surface area (Å²) < 4.78 is 6.04. The lowest BCUT2D eigenvalue weighted by atomic mass is 9.50. The summed E-state index contributed by atoms with van der Waals surface area (Å²) in [6, 6.07) is 8.86. The Hall–Kier alpha value is -3.02. The van der Waals surface area contributed by atoms with E-state index in [2.05, 4.69) is 43.1 Å². The smallest absolute Gasteiger partial charge is 0.303 e. The van der Waals surface area contributed by atoms with Crippen molar-refractivity contribution in [3.63, 3.8) is 0 Å². The lowest BCUT2D eigenvalue weighted by Gasteiger charge is -2.55. The largest absolute Gasteiger partial charge is 0.451 e. The van der Waals surface area contributed by atoms with Crippen LogP contribution in [0.2, 0.25) is 0 Å². The first-order chi connectivity index (χ1) is 19.6. The van der Waals surface area contributed by atoms with Gasteiger partial charge in [-0.25, -0.2) is 0 Å². The number of anilines is 1. The van der Waals surface area contributed by atoms with E-state index in [1.807, 2.05) is 6.08 Å². The molecule has 0 N–H and O–H groups in total. The van der Waals surface area contributed by atoms with Crippen LogP contribution in [0.4, 0.5) is 5.69 Å². The van der Waals surface area contributed by atoms with Crippen LogP contribution in [-0.4, -0.2) is 43.0 Å². The van der Waals surface area contributed by atoms with Crippen LogP contribution in [0.1, 0.15) is 103 Å². The number of carbonyl (C=O) groups is 4. The number of nitrogens with zero attached hydrogens (tertiary/aromatic N) is 1. The van der Waals surface area contributed by atoms with Gasteiger partial charge in [0.1, 0.15) is 6.29 Å². The number of ether oxygens (including phenoxy) is 1. The molecule has 0 bridgehead atoms. The minimum Gasteiger partial charge on any atom is -0.451 e. The third-order valence-corrected chi connectivity index (χ3v) is 10.8. The van der Waals surface area contributed by atoms with Crippen molar-refractivity contribution in [3.05, 3.63) is 52.6 Å². The van der Waals surface area contributed by atoms with Crippen LogP contribution in [0.15, 0.2) is 47.1 Å². The van der Waals surface area contributed by atoms with E-state index in [0.29, 0.717) is 25.2 Å². The van der Waals surface area contributed by atoms with Crippen molar-refractivity contribution in [2.75, 3.05) is 18.5 Å². The van der Waals surface area contributed by atoms with Crippen molar-refractivity contribution in [1.82, 2.24) is 0 Å². The molecule has 2 fully saturated rings. The zero-order valence-corrected chi connectivity index (χ0v) is 25.2. The van der Waals surface area contributed by atoms with Gasteiger partial charge in [0.25, 0.3) is 0 Å². The highest BCUT2D eigenvalue weighted by molar-refractivity contribution is 5.93. The van der Waals surface area contributed by atoms with Crippen LogP contribution < -0.4 is 4.90 Å². The molecule has 6 nitrogen and oxygen atoms in total. The van der Waals surface area contributed by atoms with Crippen LogP contribution in [-0.2, 0) is 23.9 Å². The van der Waals surface area contributed by atoms with Gasteiger partial charge in [0.2, 0.25) is 0 Å². The fraction of sp³-hybridized carbons (Fsp3) is 0.600. The molecule has 0 amide bonds. The molecule has 5 unspecified atom stereocenters. The molecule has 1 aromatic carbocycles. The summed E-state index contributed by atoms with van der Waals surface area (Å²) in [7, 11) is 2.11. The van der Waals surface area contributed by atoms with Crippen LogP contribution >= 0.6 is 0 Å². The predicted octanol–water partition coefficient (Wildman–Crippen LogP) is 6.67. The van der Waals surface area contributed by atoms with Crippen LogP contribution in [0.3, 0.4) is 0 Å². The minimum absolute atomic E-state index is 0.0441. The molecule has 6 heteroatoms. The third kappa shape index (κ3) is 5.23. The zero-order chi connectivity index (χ0) is 29.4. The molecule has 0 heterocycles. The van der Waals surface area contributed by atoms with Gasteiger partial charge in [0.15, 0.2) is 17.2 Å². The number of benzene rings is 1. The Bertz CT molecular complexity index is 1280. The van der Waals surface area contributed by atoms with Crippen LogP contribution in [0, 0.1) is 17.3 Å². The van der Waals surface area contributed by atoms with Gasteiger partial charge >= 0.3 is 5.97 Å². The van der Waals surface area contributed by atoms with Crippen molar-refractivity contribution in [3.8, 4) is 0 Å². The monoisotopic (exact) mass is 559 g/mol. The van der Waals surface area contributed by atoms with E-state index < -0.39 is 11.0 Å². The van der Waals surface area contributed by atoms with E-state index in [9.17, 15) is 19.2 Å². The summed E-state index contributed by atoms with van der Waals surface area (Å²) in [5.74, 6) is 0.462. The van der Waals surface area contributed by atoms with E-state index in [1.54, 1.807) is 6.92 Å². The first-order valence-corrected chi connectivity index (χ1v) is 15.5. The van der Waals surface area contributed by atoms with E-state index in [0.717, 1.165) is 69.9 Å². The predicted molar refractivity (Wildman–Crippen MR) is 160 cm³/mol. The number of rotatable bonds is 10. The number of Topliss-reactive ketones (excluding diaryl/α,β-unsaturated/α-hetero) is 1. The second-order valence-corrected chi connectivity index (χ2v) is 13.0. The van der Waals surface area contributed by atoms with Gasteiger partial charge in [0.05, 0.1) is 0 Å². The summed E-state index contributed by atoms with van der Waals surface area (Å²) in [5, 5.41) is 0. The summed E-state index contributed by atoms with van der Waals surface area (Å²) in [4.78, 5) is 50.9. The Balaban J connectivity index is 1.52. The maximum atomic E-state index is 13.3. The molecule has 0 aromatic heterocycles. The van der Waals surface area contributed by atoms with Crippen molar-refractivity contribution in [2.45, 2.75) is 103 Å². The molecule has 4 aliphatic rings. The summed E-state index contributed by atoms with van der Waals surface area (Å²) in [5.41, 5.74) is 4.87.